The van der Waals surface area contributed by atoms with Crippen molar-refractivity contribution in [3.63, 3.8) is 0 Å². The molecule has 0 unspecified atom stereocenters. The lowest BCUT2D eigenvalue weighted by Crippen LogP contribution is -2.30. The third-order valence-corrected chi connectivity index (χ3v) is 6.46. The number of rotatable bonds is 1. The zero-order chi connectivity index (χ0) is 13.2. The number of alkyl halides is 3. The van der Waals surface area contributed by atoms with Crippen LogP contribution in [0.15, 0.2) is 4.36 Å². The van der Waals surface area contributed by atoms with E-state index in [1.54, 1.807) is 0 Å². The Balaban J connectivity index is 1.94. The van der Waals surface area contributed by atoms with Gasteiger partial charge < -0.3 is 0 Å². The van der Waals surface area contributed by atoms with Crippen molar-refractivity contribution in [1.29, 1.82) is 0 Å². The van der Waals surface area contributed by atoms with Crippen LogP contribution in [0.2, 0.25) is 0 Å². The van der Waals surface area contributed by atoms with E-state index >= 15 is 0 Å². The van der Waals surface area contributed by atoms with Crippen LogP contribution in [0.1, 0.15) is 44.9 Å². The highest BCUT2D eigenvalue weighted by Crippen LogP contribution is 2.38. The molecule has 0 bridgehead atoms. The summed E-state index contributed by atoms with van der Waals surface area (Å²) in [6.07, 6.45) is 0.105. The molecule has 1 saturated heterocycles. The zero-order valence-electron chi connectivity index (χ0n) is 10.4. The van der Waals surface area contributed by atoms with Gasteiger partial charge in [0, 0.05) is 21.2 Å². The van der Waals surface area contributed by atoms with Gasteiger partial charge in [0.15, 0.2) is 0 Å². The molecule has 1 aliphatic carbocycles. The number of halogens is 3. The van der Waals surface area contributed by atoms with Crippen LogP contribution in [0, 0.1) is 5.92 Å². The van der Waals surface area contributed by atoms with E-state index in [0.717, 1.165) is 19.3 Å². The third kappa shape index (κ3) is 3.62. The molecule has 0 aromatic rings. The van der Waals surface area contributed by atoms with Gasteiger partial charge in [-0.15, -0.1) is 0 Å². The Labute approximate surface area is 107 Å². The van der Waals surface area contributed by atoms with E-state index in [-0.39, 0.29) is 18.9 Å². The monoisotopic (exact) mass is 283 g/mol. The van der Waals surface area contributed by atoms with Crippen molar-refractivity contribution in [3.8, 4) is 0 Å². The van der Waals surface area contributed by atoms with Crippen molar-refractivity contribution in [1.82, 2.24) is 0 Å². The molecular formula is C12H20F3NOS. The second kappa shape index (κ2) is 5.39. The summed E-state index contributed by atoms with van der Waals surface area (Å²) in [5.74, 6) is 0.117. The van der Waals surface area contributed by atoms with Crippen molar-refractivity contribution in [2.75, 3.05) is 11.5 Å². The fourth-order valence-electron chi connectivity index (χ4n) is 2.82. The Morgan fingerprint density at radius 3 is 2.00 bits per heavy atom. The summed E-state index contributed by atoms with van der Waals surface area (Å²) in [6.45, 7) is 0. The maximum absolute atomic E-state index is 12.5. The molecule has 18 heavy (non-hydrogen) atoms. The predicted octanol–water partition coefficient (Wildman–Crippen LogP) is 3.76. The molecule has 0 amide bonds. The standard InChI is InChI=1S/C12H20F3NOS/c13-12(14,15)10-4-6-11(7-5-10)16-18(17)8-2-1-3-9-18/h10-11H,1-9H2. The van der Waals surface area contributed by atoms with Crippen LogP contribution in [0.3, 0.4) is 0 Å². The van der Waals surface area contributed by atoms with E-state index in [1.807, 2.05) is 0 Å². The van der Waals surface area contributed by atoms with E-state index < -0.39 is 21.8 Å². The topological polar surface area (TPSA) is 29.4 Å². The van der Waals surface area contributed by atoms with Gasteiger partial charge in [0.2, 0.25) is 0 Å². The maximum atomic E-state index is 12.5. The summed E-state index contributed by atoms with van der Waals surface area (Å²) in [5, 5.41) is 0. The second-order valence-electron chi connectivity index (χ2n) is 5.39. The van der Waals surface area contributed by atoms with Crippen molar-refractivity contribution < 1.29 is 17.4 Å². The zero-order valence-corrected chi connectivity index (χ0v) is 11.2. The first-order valence-electron chi connectivity index (χ1n) is 6.67. The molecule has 0 aromatic carbocycles. The Morgan fingerprint density at radius 2 is 1.50 bits per heavy atom. The lowest BCUT2D eigenvalue weighted by molar-refractivity contribution is -0.182. The Bertz CT molecular complexity index is 379. The van der Waals surface area contributed by atoms with Crippen LogP contribution in [-0.4, -0.2) is 27.9 Å². The summed E-state index contributed by atoms with van der Waals surface area (Å²) >= 11 is 0. The first-order chi connectivity index (χ1) is 8.39. The van der Waals surface area contributed by atoms with Gasteiger partial charge in [-0.25, -0.2) is 8.57 Å². The Kier molecular flexibility index (Phi) is 4.24. The molecule has 1 saturated carbocycles. The highest BCUT2D eigenvalue weighted by molar-refractivity contribution is 7.93. The normalized spacial score (nSPS) is 33.1. The smallest absolute Gasteiger partial charge is 0.250 e. The fraction of sp³-hybridized carbons (Fsp3) is 1.00. The second-order valence-corrected chi connectivity index (χ2v) is 7.97. The first-order valence-corrected chi connectivity index (χ1v) is 8.53. The molecule has 0 radical (unpaired) electrons. The van der Waals surface area contributed by atoms with Crippen molar-refractivity contribution in [3.05, 3.63) is 0 Å². The number of hydrogen-bond acceptors (Lipinski definition) is 2. The largest absolute Gasteiger partial charge is 0.391 e. The highest BCUT2D eigenvalue weighted by atomic mass is 32.2. The van der Waals surface area contributed by atoms with Gasteiger partial charge in [0.05, 0.1) is 12.0 Å². The summed E-state index contributed by atoms with van der Waals surface area (Å²) in [4.78, 5) is 0. The summed E-state index contributed by atoms with van der Waals surface area (Å²) in [7, 11) is -2.10. The molecule has 1 heterocycles. The SMILES string of the molecule is O=S1(=NC2CCC(C(F)(F)F)CC2)CCCCC1. The minimum Gasteiger partial charge on any atom is -0.250 e. The van der Waals surface area contributed by atoms with Crippen molar-refractivity contribution in [2.45, 2.75) is 57.2 Å². The molecule has 1 aliphatic heterocycles. The predicted molar refractivity (Wildman–Crippen MR) is 66.0 cm³/mol. The molecule has 2 fully saturated rings. The van der Waals surface area contributed by atoms with Gasteiger partial charge in [-0.3, -0.25) is 0 Å². The van der Waals surface area contributed by atoms with Crippen LogP contribution < -0.4 is 0 Å². The molecule has 0 aromatic heterocycles. The van der Waals surface area contributed by atoms with Crippen LogP contribution in [0.25, 0.3) is 0 Å². The Morgan fingerprint density at radius 1 is 0.944 bits per heavy atom. The van der Waals surface area contributed by atoms with E-state index in [2.05, 4.69) is 4.36 Å². The van der Waals surface area contributed by atoms with Crippen molar-refractivity contribution in [2.24, 2.45) is 10.3 Å². The molecule has 2 rings (SSSR count). The Hall–Kier alpha value is -0.260. The molecule has 0 atom stereocenters. The summed E-state index contributed by atoms with van der Waals surface area (Å²) < 4.78 is 54.3. The minimum absolute atomic E-state index is 0.103. The average molecular weight is 283 g/mol. The van der Waals surface area contributed by atoms with Gasteiger partial charge in [-0.05, 0) is 38.5 Å². The molecule has 0 spiro atoms. The van der Waals surface area contributed by atoms with Gasteiger partial charge >= 0.3 is 6.18 Å². The molecular weight excluding hydrogens is 263 g/mol. The van der Waals surface area contributed by atoms with Gasteiger partial charge in [-0.2, -0.15) is 13.2 Å². The highest BCUT2D eigenvalue weighted by Gasteiger charge is 2.41. The molecule has 0 N–H and O–H groups in total. The molecule has 2 aliphatic rings. The van der Waals surface area contributed by atoms with Gasteiger partial charge in [0.25, 0.3) is 0 Å². The van der Waals surface area contributed by atoms with E-state index in [1.165, 1.54) is 0 Å². The summed E-state index contributed by atoms with van der Waals surface area (Å²) in [6, 6.07) is -0.103. The van der Waals surface area contributed by atoms with Gasteiger partial charge in [-0.1, -0.05) is 6.42 Å². The van der Waals surface area contributed by atoms with E-state index in [4.69, 9.17) is 0 Å². The lowest BCUT2D eigenvalue weighted by atomic mass is 9.86. The average Bonchev–Trinajstić information content (AvgIpc) is 2.29. The maximum Gasteiger partial charge on any atom is 0.391 e. The quantitative estimate of drug-likeness (QED) is 0.720. The minimum atomic E-state index is -4.07. The van der Waals surface area contributed by atoms with Crippen molar-refractivity contribution >= 4 is 9.73 Å². The van der Waals surface area contributed by atoms with Crippen LogP contribution in [0.4, 0.5) is 13.2 Å². The molecule has 106 valence electrons. The van der Waals surface area contributed by atoms with Crippen LogP contribution in [0.5, 0.6) is 0 Å². The fourth-order valence-corrected chi connectivity index (χ4v) is 5.30. The van der Waals surface area contributed by atoms with Crippen LogP contribution >= 0.6 is 0 Å². The number of nitrogens with zero attached hydrogens (tertiary/aromatic N) is 1. The van der Waals surface area contributed by atoms with Crippen LogP contribution in [-0.2, 0) is 9.73 Å². The van der Waals surface area contributed by atoms with E-state index in [0.29, 0.717) is 24.3 Å². The first kappa shape index (κ1) is 14.2. The van der Waals surface area contributed by atoms with E-state index in [9.17, 15) is 17.4 Å². The lowest BCUT2D eigenvalue weighted by Gasteiger charge is -2.29. The summed E-state index contributed by atoms with van der Waals surface area (Å²) in [5.41, 5.74) is 0. The molecule has 2 nitrogen and oxygen atoms in total. The third-order valence-electron chi connectivity index (χ3n) is 3.93. The van der Waals surface area contributed by atoms with Gasteiger partial charge in [0.1, 0.15) is 0 Å². The molecule has 6 heteroatoms. The number of hydrogen-bond donors (Lipinski definition) is 0.